The van der Waals surface area contributed by atoms with Gasteiger partial charge in [0.2, 0.25) is 5.69 Å². The Hall–Kier alpha value is -3.46. The molecule has 0 atom stereocenters. The third-order valence-corrected chi connectivity index (χ3v) is 5.90. The monoisotopic (exact) mass is 424 g/mol. The number of hydrogen-bond donors (Lipinski definition) is 1. The van der Waals surface area contributed by atoms with Gasteiger partial charge < -0.3 is 20.1 Å². The van der Waals surface area contributed by atoms with Crippen molar-refractivity contribution >= 4 is 33.0 Å². The molecule has 0 saturated heterocycles. The predicted molar refractivity (Wildman–Crippen MR) is 110 cm³/mol. The van der Waals surface area contributed by atoms with Crippen LogP contribution in [0.5, 0.6) is 11.7 Å². The van der Waals surface area contributed by atoms with Crippen molar-refractivity contribution in [2.24, 2.45) is 0 Å². The van der Waals surface area contributed by atoms with Crippen LogP contribution in [0, 0.1) is 0 Å². The molecular formula is C21H20N4O4S. The molecule has 0 aliphatic carbocycles. The number of nitrogens with zero attached hydrogens (tertiary/aromatic N) is 3. The van der Waals surface area contributed by atoms with E-state index in [9.17, 15) is 9.90 Å². The average Bonchev–Trinajstić information content (AvgIpc) is 3.31. The summed E-state index contributed by atoms with van der Waals surface area (Å²) in [5.74, 6) is -0.742. The van der Waals surface area contributed by atoms with Gasteiger partial charge in [-0.25, -0.2) is 4.98 Å². The number of aromatic nitrogens is 3. The second-order valence-corrected chi connectivity index (χ2v) is 7.75. The van der Waals surface area contributed by atoms with Crippen LogP contribution in [0.25, 0.3) is 15.9 Å². The molecule has 0 saturated carbocycles. The summed E-state index contributed by atoms with van der Waals surface area (Å²) in [5.41, 5.74) is 7.77. The van der Waals surface area contributed by atoms with E-state index in [1.807, 2.05) is 12.1 Å². The number of nitrogens with two attached hydrogens (primary N) is 1. The van der Waals surface area contributed by atoms with Crippen LogP contribution in [0.15, 0.2) is 40.9 Å². The molecule has 8 nitrogen and oxygen atoms in total. The quantitative estimate of drug-likeness (QED) is 0.358. The van der Waals surface area contributed by atoms with Gasteiger partial charge >= 0.3 is 5.69 Å². The lowest BCUT2D eigenvalue weighted by Crippen LogP contribution is -2.39. The molecule has 0 amide bonds. The van der Waals surface area contributed by atoms with Crippen molar-refractivity contribution in [3.8, 4) is 17.4 Å². The van der Waals surface area contributed by atoms with E-state index < -0.39 is 11.7 Å². The summed E-state index contributed by atoms with van der Waals surface area (Å²) in [5, 5.41) is 16.7. The molecule has 0 spiro atoms. The van der Waals surface area contributed by atoms with Crippen molar-refractivity contribution in [2.75, 3.05) is 12.8 Å². The summed E-state index contributed by atoms with van der Waals surface area (Å²) in [4.78, 5) is 18.8. The predicted octanol–water partition coefficient (Wildman–Crippen LogP) is 2.80. The lowest BCUT2D eigenvalue weighted by Gasteiger charge is -2.00. The van der Waals surface area contributed by atoms with Gasteiger partial charge in [-0.15, -0.1) is 11.3 Å². The zero-order chi connectivity index (χ0) is 21.3. The van der Waals surface area contributed by atoms with Crippen LogP contribution in [-0.4, -0.2) is 23.1 Å². The number of fused-ring (bicyclic) bond motifs is 1. The highest BCUT2D eigenvalue weighted by Gasteiger charge is 2.32. The highest BCUT2D eigenvalue weighted by Crippen LogP contribution is 2.35. The van der Waals surface area contributed by atoms with Gasteiger partial charge in [0.25, 0.3) is 5.78 Å². The van der Waals surface area contributed by atoms with E-state index in [1.165, 1.54) is 16.0 Å². The molecule has 9 heteroatoms. The highest BCUT2D eigenvalue weighted by molar-refractivity contribution is 7.21. The number of rotatable bonds is 7. The number of ether oxygens (including phenoxy) is 1. The fourth-order valence-electron chi connectivity index (χ4n) is 3.15. The van der Waals surface area contributed by atoms with E-state index in [-0.39, 0.29) is 10.6 Å². The molecule has 0 aliphatic rings. The zero-order valence-corrected chi connectivity index (χ0v) is 17.4. The maximum Gasteiger partial charge on any atom is 0.312 e. The highest BCUT2D eigenvalue weighted by atomic mass is 32.1. The molecule has 0 bridgehead atoms. The van der Waals surface area contributed by atoms with Crippen molar-refractivity contribution in [3.05, 3.63) is 52.7 Å². The van der Waals surface area contributed by atoms with Crippen LogP contribution in [-0.2, 0) is 6.42 Å². The van der Waals surface area contributed by atoms with E-state index in [1.54, 1.807) is 31.4 Å². The largest absolute Gasteiger partial charge is 0.539 e. The average molecular weight is 424 g/mol. The number of unbranched alkanes of at least 4 members (excludes halogenated alkanes) is 1. The number of hydrogen-bond acceptors (Lipinski definition) is 8. The Morgan fingerprint density at radius 1 is 1.27 bits per heavy atom. The molecule has 0 radical (unpaired) electrons. The number of thiophene rings is 1. The number of carbonyl (C=O) groups excluding carboxylic acids is 1. The van der Waals surface area contributed by atoms with Crippen molar-refractivity contribution < 1.29 is 23.8 Å². The lowest BCUT2D eigenvalue weighted by atomic mass is 10.1. The van der Waals surface area contributed by atoms with Gasteiger partial charge in [-0.1, -0.05) is 13.3 Å². The van der Waals surface area contributed by atoms with Crippen LogP contribution >= 0.6 is 11.3 Å². The Balaban J connectivity index is 1.75. The second kappa shape index (κ2) is 8.11. The smallest absolute Gasteiger partial charge is 0.312 e. The molecule has 154 valence electrons. The van der Waals surface area contributed by atoms with Crippen LogP contribution < -0.4 is 20.3 Å². The maximum atomic E-state index is 13.3. The maximum absolute atomic E-state index is 13.3. The van der Waals surface area contributed by atoms with Crippen LogP contribution in [0.3, 0.4) is 0 Å². The Bertz CT molecular complexity index is 1210. The fraction of sp³-hybridized carbons (Fsp3) is 0.238. The molecule has 1 aromatic carbocycles. The first-order valence-electron chi connectivity index (χ1n) is 9.49. The SMILES string of the molecule is CCCCc1ccc2c(N)c(C(=O)c3c([O-])on[n+]3-c3ccc(OC)cc3)sc2n1. The first-order valence-corrected chi connectivity index (χ1v) is 10.3. The van der Waals surface area contributed by atoms with Crippen LogP contribution in [0.1, 0.15) is 40.8 Å². The summed E-state index contributed by atoms with van der Waals surface area (Å²) in [7, 11) is 1.55. The number of pyridine rings is 1. The third kappa shape index (κ3) is 3.48. The summed E-state index contributed by atoms with van der Waals surface area (Å²) in [6.07, 6.45) is 2.97. The van der Waals surface area contributed by atoms with Gasteiger partial charge in [-0.3, -0.25) is 4.79 Å². The van der Waals surface area contributed by atoms with E-state index in [4.69, 9.17) is 15.0 Å². The lowest BCUT2D eigenvalue weighted by molar-refractivity contribution is -0.672. The number of carbonyl (C=O) groups is 1. The van der Waals surface area contributed by atoms with Crippen molar-refractivity contribution in [2.45, 2.75) is 26.2 Å². The van der Waals surface area contributed by atoms with Crippen molar-refractivity contribution in [1.29, 1.82) is 0 Å². The molecule has 0 aliphatic heterocycles. The molecular weight excluding hydrogens is 404 g/mol. The topological polar surface area (TPSA) is 118 Å². The molecule has 0 fully saturated rings. The van der Waals surface area contributed by atoms with Gasteiger partial charge in [0.15, 0.2) is 5.95 Å². The summed E-state index contributed by atoms with van der Waals surface area (Å²) in [6.45, 7) is 2.12. The van der Waals surface area contributed by atoms with Gasteiger partial charge in [0.1, 0.15) is 15.5 Å². The van der Waals surface area contributed by atoms with Gasteiger partial charge in [-0.2, -0.15) is 0 Å². The molecule has 2 N–H and O–H groups in total. The van der Waals surface area contributed by atoms with E-state index in [0.29, 0.717) is 27.3 Å². The third-order valence-electron chi connectivity index (χ3n) is 4.79. The minimum atomic E-state index is -0.829. The number of methoxy groups -OCH3 is 1. The number of benzene rings is 1. The molecule has 0 unspecified atom stereocenters. The fourth-order valence-corrected chi connectivity index (χ4v) is 4.20. The zero-order valence-electron chi connectivity index (χ0n) is 16.5. The van der Waals surface area contributed by atoms with Gasteiger partial charge in [0.05, 0.1) is 18.1 Å². The second-order valence-electron chi connectivity index (χ2n) is 6.75. The van der Waals surface area contributed by atoms with Crippen molar-refractivity contribution in [3.63, 3.8) is 0 Å². The molecule has 4 rings (SSSR count). The van der Waals surface area contributed by atoms with E-state index >= 15 is 0 Å². The van der Waals surface area contributed by atoms with Crippen LogP contribution in [0.2, 0.25) is 0 Å². The summed E-state index contributed by atoms with van der Waals surface area (Å²) >= 11 is 1.17. The van der Waals surface area contributed by atoms with Crippen LogP contribution in [0.4, 0.5) is 5.69 Å². The minimum absolute atomic E-state index is 0.218. The van der Waals surface area contributed by atoms with Gasteiger partial charge in [0, 0.05) is 23.2 Å². The number of anilines is 1. The molecule has 3 heterocycles. The number of ketones is 1. The molecule has 30 heavy (non-hydrogen) atoms. The minimum Gasteiger partial charge on any atom is -0.539 e. The molecule has 4 aromatic rings. The molecule has 3 aromatic heterocycles. The summed E-state index contributed by atoms with van der Waals surface area (Å²) in [6, 6.07) is 10.5. The normalized spacial score (nSPS) is 11.1. The van der Waals surface area contributed by atoms with E-state index in [0.717, 1.165) is 25.0 Å². The Morgan fingerprint density at radius 2 is 2.03 bits per heavy atom. The number of aryl methyl sites for hydroxylation is 1. The first-order chi connectivity index (χ1) is 14.5. The van der Waals surface area contributed by atoms with Crippen molar-refractivity contribution in [1.82, 2.24) is 10.3 Å². The first kappa shape index (κ1) is 19.8. The Labute approximate surface area is 176 Å². The number of nitrogen functional groups attached to an aromatic ring is 1. The Morgan fingerprint density at radius 3 is 2.73 bits per heavy atom. The van der Waals surface area contributed by atoms with Gasteiger partial charge in [-0.05, 0) is 41.8 Å². The standard InChI is InChI=1S/C21H20N4O4S/c1-3-4-5-12-6-11-15-16(22)19(30-20(15)23-12)18(26)17-21(27)29-24-25(17)13-7-9-14(28-2)10-8-13/h6-11H,3-5H2,1-2H3,(H2-,22,24,26,27). The Kier molecular flexibility index (Phi) is 5.37. The van der Waals surface area contributed by atoms with E-state index in [2.05, 4.69) is 17.2 Å². The summed E-state index contributed by atoms with van der Waals surface area (Å²) < 4.78 is 11.1.